The average Bonchev–Trinajstić information content (AvgIpc) is 2.60. The van der Waals surface area contributed by atoms with Gasteiger partial charge in [0.2, 0.25) is 0 Å². The first-order chi connectivity index (χ1) is 11.0. The van der Waals surface area contributed by atoms with Crippen LogP contribution in [-0.4, -0.2) is 45.2 Å². The summed E-state index contributed by atoms with van der Waals surface area (Å²) in [4.78, 5) is 25.2. The molecule has 1 heterocycles. The molecule has 1 atom stereocenters. The van der Waals surface area contributed by atoms with Crippen molar-refractivity contribution in [2.75, 3.05) is 32.6 Å². The van der Waals surface area contributed by atoms with Crippen molar-refractivity contribution in [3.63, 3.8) is 0 Å². The number of esters is 1. The summed E-state index contributed by atoms with van der Waals surface area (Å²) in [6, 6.07) is 7.14. The average molecular weight is 321 g/mol. The maximum absolute atomic E-state index is 12.4. The van der Waals surface area contributed by atoms with E-state index in [9.17, 15) is 9.59 Å². The molecular formula is C17H25N2O4+. The number of anilines is 1. The summed E-state index contributed by atoms with van der Waals surface area (Å²) >= 11 is 0. The Kier molecular flexibility index (Phi) is 5.98. The number of piperidine rings is 1. The van der Waals surface area contributed by atoms with E-state index in [2.05, 4.69) is 5.32 Å². The molecule has 1 aliphatic heterocycles. The first kappa shape index (κ1) is 17.3. The van der Waals surface area contributed by atoms with Crippen molar-refractivity contribution in [2.24, 2.45) is 5.92 Å². The molecule has 23 heavy (non-hydrogen) atoms. The van der Waals surface area contributed by atoms with Crippen molar-refractivity contribution in [3.05, 3.63) is 24.3 Å². The van der Waals surface area contributed by atoms with Gasteiger partial charge in [0.05, 0.1) is 33.2 Å². The lowest BCUT2D eigenvalue weighted by Gasteiger charge is -2.31. The van der Waals surface area contributed by atoms with Gasteiger partial charge in [-0.15, -0.1) is 0 Å². The van der Waals surface area contributed by atoms with E-state index < -0.39 is 0 Å². The van der Waals surface area contributed by atoms with Crippen LogP contribution in [0.2, 0.25) is 0 Å². The largest absolute Gasteiger partial charge is 0.497 e. The fourth-order valence-corrected chi connectivity index (χ4v) is 2.96. The van der Waals surface area contributed by atoms with Crippen molar-refractivity contribution in [1.82, 2.24) is 0 Å². The van der Waals surface area contributed by atoms with E-state index in [1.54, 1.807) is 13.2 Å². The molecule has 1 saturated heterocycles. The summed E-state index contributed by atoms with van der Waals surface area (Å²) < 4.78 is 9.95. The summed E-state index contributed by atoms with van der Waals surface area (Å²) in [5.74, 6) is 0.515. The molecule has 126 valence electrons. The highest BCUT2D eigenvalue weighted by Gasteiger charge is 2.33. The molecule has 0 unspecified atom stereocenters. The van der Waals surface area contributed by atoms with E-state index >= 15 is 0 Å². The zero-order chi connectivity index (χ0) is 16.8. The van der Waals surface area contributed by atoms with Gasteiger partial charge in [-0.2, -0.15) is 0 Å². The second-order valence-corrected chi connectivity index (χ2v) is 5.90. The highest BCUT2D eigenvalue weighted by atomic mass is 16.5. The Balaban J connectivity index is 1.89. The smallest absolute Gasteiger partial charge is 0.309 e. The molecule has 2 N–H and O–H groups in total. The fraction of sp³-hybridized carbons (Fsp3) is 0.529. The minimum absolute atomic E-state index is 0.0234. The molecule has 1 aromatic rings. The summed E-state index contributed by atoms with van der Waals surface area (Å²) in [5, 5.41) is 2.93. The van der Waals surface area contributed by atoms with Crippen molar-refractivity contribution < 1.29 is 24.0 Å². The van der Waals surface area contributed by atoms with Crippen LogP contribution >= 0.6 is 0 Å². The molecule has 0 aliphatic carbocycles. The second kappa shape index (κ2) is 7.97. The third-order valence-electron chi connectivity index (χ3n) is 4.51. The molecule has 1 amide bonds. The molecule has 0 aromatic heterocycles. The van der Waals surface area contributed by atoms with Crippen molar-refractivity contribution in [2.45, 2.75) is 25.8 Å². The maximum Gasteiger partial charge on any atom is 0.309 e. The van der Waals surface area contributed by atoms with Crippen LogP contribution in [0.4, 0.5) is 5.69 Å². The van der Waals surface area contributed by atoms with Crippen LogP contribution < -0.4 is 15.0 Å². The molecule has 6 heteroatoms. The topological polar surface area (TPSA) is 69.1 Å². The number of likely N-dealkylation sites (tertiary alicyclic amines) is 1. The summed E-state index contributed by atoms with van der Waals surface area (Å²) in [6.45, 7) is 3.52. The quantitative estimate of drug-likeness (QED) is 0.775. The van der Waals surface area contributed by atoms with E-state index in [4.69, 9.17) is 9.47 Å². The number of quaternary nitrogens is 1. The van der Waals surface area contributed by atoms with Gasteiger partial charge in [0.15, 0.2) is 6.04 Å². The molecule has 1 aromatic carbocycles. The lowest BCUT2D eigenvalue weighted by atomic mass is 9.96. The number of hydrogen-bond donors (Lipinski definition) is 2. The summed E-state index contributed by atoms with van der Waals surface area (Å²) in [5.41, 5.74) is 0.727. The van der Waals surface area contributed by atoms with Gasteiger partial charge in [-0.1, -0.05) is 6.07 Å². The molecule has 0 saturated carbocycles. The van der Waals surface area contributed by atoms with E-state index in [0.717, 1.165) is 31.6 Å². The SMILES string of the molecule is COC(=O)C1CC[NH+]([C@@H](C)C(=O)Nc2cccc(OC)c2)CC1. The number of rotatable bonds is 5. The number of carbonyl (C=O) groups is 2. The fourth-order valence-electron chi connectivity index (χ4n) is 2.96. The molecule has 1 aliphatic rings. The van der Waals surface area contributed by atoms with Crippen LogP contribution in [0.3, 0.4) is 0 Å². The van der Waals surface area contributed by atoms with Gasteiger partial charge < -0.3 is 19.7 Å². The standard InChI is InChI=1S/C17H24N2O4/c1-12(19-9-7-13(8-10-19)17(21)23-3)16(20)18-14-5-4-6-15(11-14)22-2/h4-6,11-13H,7-10H2,1-3H3,(H,18,20)/p+1/t12-/m0/s1. The predicted molar refractivity (Wildman–Crippen MR) is 86.5 cm³/mol. The second-order valence-electron chi connectivity index (χ2n) is 5.90. The number of hydrogen-bond acceptors (Lipinski definition) is 4. The van der Waals surface area contributed by atoms with Crippen LogP contribution in [0, 0.1) is 5.92 Å². The predicted octanol–water partition coefficient (Wildman–Crippen LogP) is 0.490. The van der Waals surface area contributed by atoms with Gasteiger partial charge in [0, 0.05) is 24.6 Å². The zero-order valence-electron chi connectivity index (χ0n) is 13.9. The van der Waals surface area contributed by atoms with Gasteiger partial charge in [0.25, 0.3) is 5.91 Å². The third-order valence-corrected chi connectivity index (χ3v) is 4.51. The Hall–Kier alpha value is -2.08. The first-order valence-corrected chi connectivity index (χ1v) is 7.92. The number of ether oxygens (including phenoxy) is 2. The molecule has 6 nitrogen and oxygen atoms in total. The highest BCUT2D eigenvalue weighted by molar-refractivity contribution is 5.93. The Labute approximate surface area is 136 Å². The van der Waals surface area contributed by atoms with Crippen molar-refractivity contribution in [1.29, 1.82) is 0 Å². The van der Waals surface area contributed by atoms with Crippen LogP contribution in [0.15, 0.2) is 24.3 Å². The molecular weight excluding hydrogens is 296 g/mol. The Morgan fingerprint density at radius 2 is 1.96 bits per heavy atom. The van der Waals surface area contributed by atoms with Crippen molar-refractivity contribution in [3.8, 4) is 5.75 Å². The van der Waals surface area contributed by atoms with Gasteiger partial charge >= 0.3 is 5.97 Å². The van der Waals surface area contributed by atoms with E-state index in [0.29, 0.717) is 5.75 Å². The molecule has 2 rings (SSSR count). The molecule has 0 bridgehead atoms. The summed E-state index contributed by atoms with van der Waals surface area (Å²) in [6.07, 6.45) is 1.53. The maximum atomic E-state index is 12.4. The normalized spacial score (nSPS) is 22.0. The van der Waals surface area contributed by atoms with E-state index in [-0.39, 0.29) is 23.8 Å². The number of benzene rings is 1. The minimum Gasteiger partial charge on any atom is -0.497 e. The lowest BCUT2D eigenvalue weighted by molar-refractivity contribution is -0.919. The number of carbonyl (C=O) groups excluding carboxylic acids is 2. The van der Waals surface area contributed by atoms with Gasteiger partial charge in [-0.3, -0.25) is 9.59 Å². The van der Waals surface area contributed by atoms with E-state index in [1.807, 2.05) is 25.1 Å². The van der Waals surface area contributed by atoms with Crippen LogP contribution in [0.5, 0.6) is 5.75 Å². The third kappa shape index (κ3) is 4.45. The number of nitrogens with one attached hydrogen (secondary N) is 2. The van der Waals surface area contributed by atoms with Crippen LogP contribution in [0.25, 0.3) is 0 Å². The minimum atomic E-state index is -0.167. The zero-order valence-corrected chi connectivity index (χ0v) is 13.9. The van der Waals surface area contributed by atoms with Gasteiger partial charge in [0.1, 0.15) is 5.75 Å². The lowest BCUT2D eigenvalue weighted by Crippen LogP contribution is -3.17. The Bertz CT molecular complexity index is 553. The molecule has 0 radical (unpaired) electrons. The van der Waals surface area contributed by atoms with E-state index in [1.165, 1.54) is 12.0 Å². The van der Waals surface area contributed by atoms with Crippen LogP contribution in [0.1, 0.15) is 19.8 Å². The highest BCUT2D eigenvalue weighted by Crippen LogP contribution is 2.17. The number of methoxy groups -OCH3 is 2. The Morgan fingerprint density at radius 3 is 2.57 bits per heavy atom. The van der Waals surface area contributed by atoms with Crippen molar-refractivity contribution >= 4 is 17.6 Å². The van der Waals surface area contributed by atoms with Gasteiger partial charge in [-0.25, -0.2) is 0 Å². The number of amides is 1. The van der Waals surface area contributed by atoms with Crippen LogP contribution in [-0.2, 0) is 14.3 Å². The van der Waals surface area contributed by atoms with Gasteiger partial charge in [-0.05, 0) is 19.1 Å². The molecule has 1 fully saturated rings. The molecule has 0 spiro atoms. The monoisotopic (exact) mass is 321 g/mol. The summed E-state index contributed by atoms with van der Waals surface area (Å²) in [7, 11) is 3.02. The Morgan fingerprint density at radius 1 is 1.26 bits per heavy atom. The first-order valence-electron chi connectivity index (χ1n) is 7.92.